The van der Waals surface area contributed by atoms with Crippen LogP contribution >= 0.6 is 0 Å². The van der Waals surface area contributed by atoms with Gasteiger partial charge in [0.05, 0.1) is 11.1 Å². The van der Waals surface area contributed by atoms with E-state index in [0.29, 0.717) is 60.4 Å². The van der Waals surface area contributed by atoms with Crippen molar-refractivity contribution in [3.8, 4) is 11.1 Å². The normalized spacial score (nSPS) is 11.1. The molecule has 0 aromatic heterocycles. The van der Waals surface area contributed by atoms with Crippen LogP contribution in [0.5, 0.6) is 0 Å². The summed E-state index contributed by atoms with van der Waals surface area (Å²) in [4.78, 5) is 46.5. The van der Waals surface area contributed by atoms with Crippen molar-refractivity contribution in [3.05, 3.63) is 82.9 Å². The highest BCUT2D eigenvalue weighted by atomic mass is 16.4. The summed E-state index contributed by atoms with van der Waals surface area (Å²) in [7, 11) is 0. The predicted molar refractivity (Wildman–Crippen MR) is 151 cm³/mol. The van der Waals surface area contributed by atoms with E-state index in [2.05, 4.69) is 0 Å². The minimum atomic E-state index is -1.16. The van der Waals surface area contributed by atoms with E-state index in [1.807, 2.05) is 24.3 Å². The maximum absolute atomic E-state index is 12.5. The van der Waals surface area contributed by atoms with Gasteiger partial charge in [-0.05, 0) is 94.5 Å². The van der Waals surface area contributed by atoms with Gasteiger partial charge in [0.25, 0.3) is 0 Å². The molecule has 0 unspecified atom stereocenters. The molecule has 206 valence electrons. The number of hydrogen-bond acceptors (Lipinski definition) is 4. The Kier molecular flexibility index (Phi) is 8.79. The Balaban J connectivity index is 1.85. The van der Waals surface area contributed by atoms with Crippen LogP contribution in [0, 0.1) is 0 Å². The smallest absolute Gasteiger partial charge is 0.336 e. The average Bonchev–Trinajstić information content (AvgIpc) is 2.92. The maximum atomic E-state index is 12.5. The Bertz CT molecular complexity index is 1620. The maximum Gasteiger partial charge on any atom is 0.336 e. The van der Waals surface area contributed by atoms with Crippen LogP contribution in [0.1, 0.15) is 70.4 Å². The Labute approximate surface area is 230 Å². The van der Waals surface area contributed by atoms with Crippen LogP contribution in [0.3, 0.4) is 0 Å². The van der Waals surface area contributed by atoms with Crippen LogP contribution < -0.4 is 0 Å². The second-order valence-corrected chi connectivity index (χ2v) is 9.85. The molecule has 4 aromatic rings. The number of aliphatic carboxylic acids is 2. The molecule has 0 amide bonds. The van der Waals surface area contributed by atoms with E-state index in [-0.39, 0.29) is 24.0 Å². The summed E-state index contributed by atoms with van der Waals surface area (Å²) < 4.78 is 0. The first kappa shape index (κ1) is 28.3. The summed E-state index contributed by atoms with van der Waals surface area (Å²) in [5, 5.41) is 40.6. The van der Waals surface area contributed by atoms with Gasteiger partial charge in [-0.15, -0.1) is 0 Å². The molecule has 0 spiro atoms. The molecule has 0 atom stereocenters. The summed E-state index contributed by atoms with van der Waals surface area (Å²) in [6.07, 6.45) is 3.86. The van der Waals surface area contributed by atoms with E-state index >= 15 is 0 Å². The van der Waals surface area contributed by atoms with Gasteiger partial charge in [0.2, 0.25) is 0 Å². The number of hydrogen-bond donors (Lipinski definition) is 4. The minimum absolute atomic E-state index is 0.0109. The summed E-state index contributed by atoms with van der Waals surface area (Å²) in [5.41, 5.74) is 2.91. The number of aromatic carboxylic acids is 2. The zero-order valence-corrected chi connectivity index (χ0v) is 21.9. The standard InChI is InChI=1S/C32H30O8/c33-28(34)11-5-1-7-19-13-14-20(8-2-6-12-29(35)36)25-17-21(15-16-22(19)25)26-18-27(31(37)38)23-9-3-4-10-24(23)30(26)32(39)40/h3-4,9-10,13-18H,1-2,5-8,11-12H2,(H,33,34)(H,35,36)(H,37,38)(H,39,40). The zero-order chi connectivity index (χ0) is 28.8. The average molecular weight is 543 g/mol. The van der Waals surface area contributed by atoms with Crippen LogP contribution in [-0.4, -0.2) is 44.3 Å². The number of rotatable bonds is 13. The Morgan fingerprint density at radius 3 is 1.68 bits per heavy atom. The highest BCUT2D eigenvalue weighted by Gasteiger charge is 2.22. The summed E-state index contributed by atoms with van der Waals surface area (Å²) in [6.45, 7) is 0. The molecule has 0 saturated heterocycles. The van der Waals surface area contributed by atoms with E-state index in [9.17, 15) is 29.4 Å². The van der Waals surface area contributed by atoms with Crippen molar-refractivity contribution in [1.29, 1.82) is 0 Å². The third-order valence-corrected chi connectivity index (χ3v) is 7.17. The van der Waals surface area contributed by atoms with E-state index < -0.39 is 23.9 Å². The lowest BCUT2D eigenvalue weighted by Crippen LogP contribution is -2.06. The largest absolute Gasteiger partial charge is 0.481 e. The van der Waals surface area contributed by atoms with Gasteiger partial charge in [-0.2, -0.15) is 0 Å². The van der Waals surface area contributed by atoms with E-state index in [4.69, 9.17) is 10.2 Å². The first-order valence-corrected chi connectivity index (χ1v) is 13.2. The van der Waals surface area contributed by atoms with E-state index in [0.717, 1.165) is 21.9 Å². The number of carbonyl (C=O) groups is 4. The second-order valence-electron chi connectivity index (χ2n) is 9.85. The first-order chi connectivity index (χ1) is 19.2. The van der Waals surface area contributed by atoms with Crippen LogP contribution in [0.4, 0.5) is 0 Å². The lowest BCUT2D eigenvalue weighted by Gasteiger charge is -2.16. The van der Waals surface area contributed by atoms with Crippen molar-refractivity contribution < 1.29 is 39.6 Å². The second kappa shape index (κ2) is 12.4. The fourth-order valence-corrected chi connectivity index (χ4v) is 5.27. The minimum Gasteiger partial charge on any atom is -0.481 e. The Morgan fingerprint density at radius 2 is 1.12 bits per heavy atom. The summed E-state index contributed by atoms with van der Waals surface area (Å²) in [6, 6.07) is 17.5. The molecule has 0 fully saturated rings. The van der Waals surface area contributed by atoms with Crippen molar-refractivity contribution >= 4 is 45.4 Å². The molecule has 8 nitrogen and oxygen atoms in total. The number of carboxylic acids is 4. The van der Waals surface area contributed by atoms with E-state index in [1.165, 1.54) is 6.07 Å². The van der Waals surface area contributed by atoms with Crippen LogP contribution in [0.25, 0.3) is 32.7 Å². The van der Waals surface area contributed by atoms with Gasteiger partial charge in [-0.25, -0.2) is 9.59 Å². The molecule has 0 aliphatic rings. The fraction of sp³-hybridized carbons (Fsp3) is 0.250. The van der Waals surface area contributed by atoms with Gasteiger partial charge < -0.3 is 20.4 Å². The highest BCUT2D eigenvalue weighted by Crippen LogP contribution is 2.36. The third kappa shape index (κ3) is 6.29. The van der Waals surface area contributed by atoms with Crippen LogP contribution in [-0.2, 0) is 22.4 Å². The van der Waals surface area contributed by atoms with Gasteiger partial charge in [-0.1, -0.05) is 48.5 Å². The first-order valence-electron chi connectivity index (χ1n) is 13.2. The number of benzene rings is 4. The molecule has 0 bridgehead atoms. The van der Waals surface area contributed by atoms with Crippen molar-refractivity contribution in [2.45, 2.75) is 51.4 Å². The van der Waals surface area contributed by atoms with Gasteiger partial charge >= 0.3 is 23.9 Å². The molecule has 4 N–H and O–H groups in total. The van der Waals surface area contributed by atoms with Crippen molar-refractivity contribution in [3.63, 3.8) is 0 Å². The van der Waals surface area contributed by atoms with Gasteiger partial charge in [0.15, 0.2) is 0 Å². The lowest BCUT2D eigenvalue weighted by atomic mass is 9.87. The van der Waals surface area contributed by atoms with Crippen molar-refractivity contribution in [2.24, 2.45) is 0 Å². The summed E-state index contributed by atoms with van der Waals surface area (Å²) in [5.74, 6) is -4.01. The van der Waals surface area contributed by atoms with Gasteiger partial charge in [0.1, 0.15) is 0 Å². The molecule has 4 aromatic carbocycles. The van der Waals surface area contributed by atoms with Crippen LogP contribution in [0.15, 0.2) is 60.7 Å². The SMILES string of the molecule is O=C(O)CCCCc1ccc(CCCCC(=O)O)c2cc(-c3cc(C(=O)O)c4ccccc4c3C(=O)O)ccc12. The van der Waals surface area contributed by atoms with Crippen molar-refractivity contribution in [2.75, 3.05) is 0 Å². The van der Waals surface area contributed by atoms with Gasteiger partial charge in [-0.3, -0.25) is 9.59 Å². The summed E-state index contributed by atoms with van der Waals surface area (Å²) >= 11 is 0. The third-order valence-electron chi connectivity index (χ3n) is 7.17. The highest BCUT2D eigenvalue weighted by molar-refractivity contribution is 6.15. The lowest BCUT2D eigenvalue weighted by molar-refractivity contribution is -0.138. The number of unbranched alkanes of at least 4 members (excludes halogenated alkanes) is 2. The molecule has 0 aliphatic heterocycles. The Morgan fingerprint density at radius 1 is 0.550 bits per heavy atom. The zero-order valence-electron chi connectivity index (χ0n) is 21.9. The predicted octanol–water partition coefficient (Wildman–Crippen LogP) is 6.65. The molecule has 0 aliphatic carbocycles. The Hall–Kier alpha value is -4.72. The molecule has 0 radical (unpaired) electrons. The van der Waals surface area contributed by atoms with Crippen LogP contribution in [0.2, 0.25) is 0 Å². The molecular formula is C32H30O8. The van der Waals surface area contributed by atoms with Crippen molar-refractivity contribution in [1.82, 2.24) is 0 Å². The molecule has 0 saturated carbocycles. The molecular weight excluding hydrogens is 512 g/mol. The monoisotopic (exact) mass is 542 g/mol. The number of aryl methyl sites for hydroxylation is 2. The topological polar surface area (TPSA) is 149 Å². The molecule has 40 heavy (non-hydrogen) atoms. The number of fused-ring (bicyclic) bond motifs is 2. The van der Waals surface area contributed by atoms with E-state index in [1.54, 1.807) is 30.3 Å². The fourth-order valence-electron chi connectivity index (χ4n) is 5.27. The van der Waals surface area contributed by atoms with Gasteiger partial charge in [0, 0.05) is 12.8 Å². The quantitative estimate of drug-likeness (QED) is 0.137. The molecule has 4 rings (SSSR count). The molecule has 8 heteroatoms. The molecule has 0 heterocycles. The number of carboxylic acid groups (broad SMARTS) is 4.